The number of amides is 1. The van der Waals surface area contributed by atoms with Crippen molar-refractivity contribution < 1.29 is 13.2 Å². The summed E-state index contributed by atoms with van der Waals surface area (Å²) in [6.45, 7) is 6.98. The summed E-state index contributed by atoms with van der Waals surface area (Å²) < 4.78 is 29.0. The van der Waals surface area contributed by atoms with E-state index in [1.165, 1.54) is 11.6 Å². The lowest BCUT2D eigenvalue weighted by Gasteiger charge is -2.17. The van der Waals surface area contributed by atoms with Gasteiger partial charge < -0.3 is 10.6 Å². The number of rotatable bonds is 6. The van der Waals surface area contributed by atoms with Crippen molar-refractivity contribution in [3.8, 4) is 0 Å². The standard InChI is InChI=1S/C15H25N5O3S.ClH/c1-10-14(12(3)20(4)18-10)24(22,23)19-11(2)15(21)17-9-13-5-7-16-8-6-13;/h5,11,16,19H,6-9H2,1-4H3,(H,17,21);1H. The van der Waals surface area contributed by atoms with E-state index >= 15 is 0 Å². The number of hydrogen-bond donors (Lipinski definition) is 3. The SMILES string of the molecule is Cc1nn(C)c(C)c1S(=O)(=O)NC(C)C(=O)NCC1=CCNCC1.Cl. The number of aromatic nitrogens is 2. The fourth-order valence-electron chi connectivity index (χ4n) is 2.67. The zero-order valence-electron chi connectivity index (χ0n) is 14.9. The Bertz CT molecular complexity index is 757. The molecule has 1 aromatic rings. The van der Waals surface area contributed by atoms with Gasteiger partial charge in [0.25, 0.3) is 0 Å². The second kappa shape index (κ2) is 8.79. The monoisotopic (exact) mass is 391 g/mol. The number of hydrogen-bond acceptors (Lipinski definition) is 5. The van der Waals surface area contributed by atoms with Crippen LogP contribution in [0.15, 0.2) is 16.5 Å². The molecular weight excluding hydrogens is 366 g/mol. The van der Waals surface area contributed by atoms with Crippen molar-refractivity contribution in [2.75, 3.05) is 19.6 Å². The topological polar surface area (TPSA) is 105 Å². The van der Waals surface area contributed by atoms with Crippen molar-refractivity contribution in [1.82, 2.24) is 25.1 Å². The van der Waals surface area contributed by atoms with Gasteiger partial charge in [0.1, 0.15) is 4.90 Å². The van der Waals surface area contributed by atoms with E-state index in [9.17, 15) is 13.2 Å². The average Bonchev–Trinajstić information content (AvgIpc) is 2.78. The van der Waals surface area contributed by atoms with Gasteiger partial charge in [0, 0.05) is 20.1 Å². The number of aryl methyl sites for hydroxylation is 2. The van der Waals surface area contributed by atoms with E-state index in [-0.39, 0.29) is 23.2 Å². The number of halogens is 1. The summed E-state index contributed by atoms with van der Waals surface area (Å²) in [5.41, 5.74) is 2.10. The third kappa shape index (κ3) is 5.27. The number of carbonyl (C=O) groups is 1. The first kappa shape index (κ1) is 21.6. The first-order valence-electron chi connectivity index (χ1n) is 7.91. The van der Waals surface area contributed by atoms with Crippen LogP contribution in [0.3, 0.4) is 0 Å². The van der Waals surface area contributed by atoms with Gasteiger partial charge in [-0.05, 0) is 33.7 Å². The van der Waals surface area contributed by atoms with Crippen LogP contribution in [0, 0.1) is 13.8 Å². The first-order valence-corrected chi connectivity index (χ1v) is 9.39. The maximum Gasteiger partial charge on any atom is 0.244 e. The van der Waals surface area contributed by atoms with Crippen molar-refractivity contribution in [2.24, 2.45) is 7.05 Å². The molecule has 0 fully saturated rings. The molecule has 1 amide bonds. The van der Waals surface area contributed by atoms with E-state index < -0.39 is 16.1 Å². The highest BCUT2D eigenvalue weighted by Crippen LogP contribution is 2.18. The van der Waals surface area contributed by atoms with Crippen LogP contribution in [0.25, 0.3) is 0 Å². The second-order valence-corrected chi connectivity index (χ2v) is 7.65. The third-order valence-corrected chi connectivity index (χ3v) is 5.88. The van der Waals surface area contributed by atoms with Crippen molar-refractivity contribution in [3.63, 3.8) is 0 Å². The number of carbonyl (C=O) groups excluding carboxylic acids is 1. The third-order valence-electron chi connectivity index (χ3n) is 4.08. The fraction of sp³-hybridized carbons (Fsp3) is 0.600. The second-order valence-electron chi connectivity index (χ2n) is 6.00. The lowest BCUT2D eigenvalue weighted by atomic mass is 10.1. The van der Waals surface area contributed by atoms with Crippen LogP contribution in [0.5, 0.6) is 0 Å². The quantitative estimate of drug-likeness (QED) is 0.599. The summed E-state index contributed by atoms with van der Waals surface area (Å²) in [6.07, 6.45) is 2.93. The predicted molar refractivity (Wildman–Crippen MR) is 98.3 cm³/mol. The fourth-order valence-corrected chi connectivity index (χ4v) is 4.31. The Hall–Kier alpha value is -1.42. The van der Waals surface area contributed by atoms with Gasteiger partial charge in [0.15, 0.2) is 0 Å². The molecule has 1 aliphatic heterocycles. The Labute approximate surface area is 154 Å². The Morgan fingerprint density at radius 3 is 2.64 bits per heavy atom. The summed E-state index contributed by atoms with van der Waals surface area (Å²) >= 11 is 0. The zero-order valence-corrected chi connectivity index (χ0v) is 16.6. The predicted octanol–water partition coefficient (Wildman–Crippen LogP) is 0.161. The summed E-state index contributed by atoms with van der Waals surface area (Å²) in [5, 5.41) is 10.1. The van der Waals surface area contributed by atoms with E-state index in [4.69, 9.17) is 0 Å². The first-order chi connectivity index (χ1) is 11.2. The zero-order chi connectivity index (χ0) is 17.9. The molecule has 0 saturated heterocycles. The Kier molecular flexibility index (Phi) is 7.61. The summed E-state index contributed by atoms with van der Waals surface area (Å²) in [7, 11) is -2.12. The van der Waals surface area contributed by atoms with Crippen LogP contribution < -0.4 is 15.4 Å². The van der Waals surface area contributed by atoms with Crippen LogP contribution in [-0.4, -0.2) is 49.8 Å². The van der Waals surface area contributed by atoms with E-state index in [2.05, 4.69) is 20.5 Å². The Morgan fingerprint density at radius 1 is 1.44 bits per heavy atom. The molecule has 0 aliphatic carbocycles. The number of nitrogens with one attached hydrogen (secondary N) is 3. The van der Waals surface area contributed by atoms with E-state index in [0.29, 0.717) is 17.9 Å². The Morgan fingerprint density at radius 2 is 2.12 bits per heavy atom. The van der Waals surface area contributed by atoms with Gasteiger partial charge >= 0.3 is 0 Å². The molecule has 8 nitrogen and oxygen atoms in total. The maximum atomic E-state index is 12.5. The van der Waals surface area contributed by atoms with Gasteiger partial charge in [-0.3, -0.25) is 9.48 Å². The van der Waals surface area contributed by atoms with Crippen molar-refractivity contribution in [1.29, 1.82) is 0 Å². The smallest absolute Gasteiger partial charge is 0.244 e. The van der Waals surface area contributed by atoms with Gasteiger partial charge in [0.2, 0.25) is 15.9 Å². The van der Waals surface area contributed by atoms with Gasteiger partial charge in [-0.25, -0.2) is 8.42 Å². The van der Waals surface area contributed by atoms with E-state index in [1.54, 1.807) is 20.9 Å². The van der Waals surface area contributed by atoms with Gasteiger partial charge in [-0.15, -0.1) is 12.4 Å². The van der Waals surface area contributed by atoms with Crippen LogP contribution in [0.2, 0.25) is 0 Å². The molecule has 25 heavy (non-hydrogen) atoms. The lowest BCUT2D eigenvalue weighted by molar-refractivity contribution is -0.122. The van der Waals surface area contributed by atoms with Gasteiger partial charge in [0.05, 0.1) is 17.4 Å². The van der Waals surface area contributed by atoms with Crippen LogP contribution in [-0.2, 0) is 21.9 Å². The molecule has 0 bridgehead atoms. The van der Waals surface area contributed by atoms with Gasteiger partial charge in [-0.2, -0.15) is 9.82 Å². The number of sulfonamides is 1. The molecule has 1 aromatic heterocycles. The normalized spacial score (nSPS) is 15.9. The molecule has 1 aliphatic rings. The molecule has 0 spiro atoms. The summed E-state index contributed by atoms with van der Waals surface area (Å²) in [6, 6.07) is -0.865. The molecule has 2 heterocycles. The highest BCUT2D eigenvalue weighted by Gasteiger charge is 2.27. The molecule has 0 radical (unpaired) electrons. The van der Waals surface area contributed by atoms with Crippen LogP contribution in [0.1, 0.15) is 24.7 Å². The molecule has 3 N–H and O–H groups in total. The maximum absolute atomic E-state index is 12.5. The lowest BCUT2D eigenvalue weighted by Crippen LogP contribution is -2.45. The highest BCUT2D eigenvalue weighted by atomic mass is 35.5. The van der Waals surface area contributed by atoms with Crippen molar-refractivity contribution >= 4 is 28.3 Å². The molecule has 10 heteroatoms. The van der Waals surface area contributed by atoms with E-state index in [0.717, 1.165) is 25.1 Å². The minimum Gasteiger partial charge on any atom is -0.351 e. The molecule has 0 saturated carbocycles. The minimum absolute atomic E-state index is 0. The van der Waals surface area contributed by atoms with Gasteiger partial charge in [-0.1, -0.05) is 11.6 Å². The minimum atomic E-state index is -3.81. The molecule has 0 aromatic carbocycles. The van der Waals surface area contributed by atoms with Crippen LogP contribution in [0.4, 0.5) is 0 Å². The molecule has 1 unspecified atom stereocenters. The van der Waals surface area contributed by atoms with Crippen molar-refractivity contribution in [2.45, 2.75) is 38.1 Å². The van der Waals surface area contributed by atoms with E-state index in [1.807, 2.05) is 6.08 Å². The highest BCUT2D eigenvalue weighted by molar-refractivity contribution is 7.89. The van der Waals surface area contributed by atoms with Crippen LogP contribution >= 0.6 is 12.4 Å². The largest absolute Gasteiger partial charge is 0.351 e. The molecule has 2 rings (SSSR count). The summed E-state index contributed by atoms with van der Waals surface area (Å²) in [5.74, 6) is -0.350. The molecule has 1 atom stereocenters. The Balaban J connectivity index is 0.00000312. The number of nitrogens with zero attached hydrogens (tertiary/aromatic N) is 2. The average molecular weight is 392 g/mol. The molecule has 142 valence electrons. The summed E-state index contributed by atoms with van der Waals surface area (Å²) in [4.78, 5) is 12.3. The van der Waals surface area contributed by atoms with Crippen molar-refractivity contribution in [3.05, 3.63) is 23.0 Å². The molecular formula is C15H26ClN5O3S.